The number of para-hydroxylation sites is 2. The predicted octanol–water partition coefficient (Wildman–Crippen LogP) is 6.05. The summed E-state index contributed by atoms with van der Waals surface area (Å²) in [5, 5.41) is 0.0712. The Balaban J connectivity index is 1.52. The molecular weight excluding hydrogens is 519 g/mol. The summed E-state index contributed by atoms with van der Waals surface area (Å²) < 4.78 is 93.9. The van der Waals surface area contributed by atoms with Gasteiger partial charge in [-0.05, 0) is 38.1 Å². The van der Waals surface area contributed by atoms with Gasteiger partial charge in [0.15, 0.2) is 23.4 Å². The number of halogens is 5. The van der Waals surface area contributed by atoms with Crippen molar-refractivity contribution in [1.82, 2.24) is 0 Å². The van der Waals surface area contributed by atoms with Crippen molar-refractivity contribution in [3.8, 4) is 28.7 Å². The fourth-order valence-corrected chi connectivity index (χ4v) is 3.26. The van der Waals surface area contributed by atoms with Crippen molar-refractivity contribution in [2.24, 2.45) is 0 Å². The summed E-state index contributed by atoms with van der Waals surface area (Å²) in [6.07, 6.45) is -0.736. The van der Waals surface area contributed by atoms with Gasteiger partial charge in [-0.25, -0.2) is 18.0 Å². The average molecular weight is 536 g/mol. The molecule has 0 radical (unpaired) electrons. The van der Waals surface area contributed by atoms with Crippen LogP contribution < -0.4 is 24.4 Å². The summed E-state index contributed by atoms with van der Waals surface area (Å²) in [4.78, 5) is 25.2. The molecule has 0 aliphatic rings. The second-order valence-electron chi connectivity index (χ2n) is 7.65. The van der Waals surface area contributed by atoms with Gasteiger partial charge >= 0.3 is 5.97 Å². The van der Waals surface area contributed by atoms with Gasteiger partial charge in [-0.3, -0.25) is 4.79 Å². The molecule has 0 bridgehead atoms. The number of carbonyl (C=O) groups is 1. The quantitative estimate of drug-likeness (QED) is 0.0891. The highest BCUT2D eigenvalue weighted by Crippen LogP contribution is 2.32. The first kappa shape index (κ1) is 26.5. The number of hydrogen-bond acceptors (Lipinski definition) is 7. The molecule has 7 nitrogen and oxygen atoms in total. The zero-order chi connectivity index (χ0) is 27.6. The molecule has 0 saturated carbocycles. The van der Waals surface area contributed by atoms with Gasteiger partial charge in [0.05, 0.1) is 12.0 Å². The van der Waals surface area contributed by atoms with Gasteiger partial charge in [0.2, 0.25) is 40.3 Å². The number of benzene rings is 3. The van der Waals surface area contributed by atoms with Crippen molar-refractivity contribution in [3.63, 3.8) is 0 Å². The minimum absolute atomic E-state index is 0.000851. The van der Waals surface area contributed by atoms with E-state index in [1.54, 1.807) is 31.2 Å². The molecule has 0 saturated heterocycles. The maximum atomic E-state index is 13.8. The Labute approximate surface area is 210 Å². The fourth-order valence-electron chi connectivity index (χ4n) is 3.26. The van der Waals surface area contributed by atoms with E-state index in [0.717, 1.165) is 13.2 Å². The van der Waals surface area contributed by atoms with Crippen LogP contribution in [-0.4, -0.2) is 18.7 Å². The third kappa shape index (κ3) is 5.10. The Kier molecular flexibility index (Phi) is 7.51. The van der Waals surface area contributed by atoms with Gasteiger partial charge in [-0.15, -0.1) is 0 Å². The van der Waals surface area contributed by atoms with E-state index in [0.29, 0.717) is 12.4 Å². The molecule has 38 heavy (non-hydrogen) atoms. The number of fused-ring (bicyclic) bond motifs is 1. The number of carbonyl (C=O) groups excluding carboxylic acids is 1. The highest BCUT2D eigenvalue weighted by atomic mass is 19.2. The molecule has 0 fully saturated rings. The first-order chi connectivity index (χ1) is 18.1. The van der Waals surface area contributed by atoms with Crippen LogP contribution in [-0.2, 0) is 4.79 Å². The number of ether oxygens (including phenoxy) is 4. The van der Waals surface area contributed by atoms with E-state index in [9.17, 15) is 31.5 Å². The maximum absolute atomic E-state index is 13.8. The first-order valence-corrected chi connectivity index (χ1v) is 11.0. The van der Waals surface area contributed by atoms with Crippen LogP contribution in [0.4, 0.5) is 22.0 Å². The van der Waals surface area contributed by atoms with Crippen molar-refractivity contribution in [2.75, 3.05) is 6.61 Å². The highest BCUT2D eigenvalue weighted by molar-refractivity contribution is 5.82. The summed E-state index contributed by atoms with van der Waals surface area (Å²) in [5.41, 5.74) is -0.544. The molecule has 1 atom stereocenters. The van der Waals surface area contributed by atoms with E-state index in [1.165, 1.54) is 18.2 Å². The van der Waals surface area contributed by atoms with Crippen molar-refractivity contribution in [3.05, 3.63) is 88.0 Å². The lowest BCUT2D eigenvalue weighted by Gasteiger charge is -2.15. The highest BCUT2D eigenvalue weighted by Gasteiger charge is 2.30. The zero-order valence-electron chi connectivity index (χ0n) is 19.7. The molecule has 4 aromatic rings. The van der Waals surface area contributed by atoms with Crippen LogP contribution in [0.2, 0.25) is 0 Å². The van der Waals surface area contributed by atoms with Crippen LogP contribution >= 0.6 is 0 Å². The van der Waals surface area contributed by atoms with Gasteiger partial charge < -0.3 is 23.4 Å². The van der Waals surface area contributed by atoms with Crippen LogP contribution in [0.25, 0.3) is 11.0 Å². The molecule has 4 rings (SSSR count). The Morgan fingerprint density at radius 1 is 0.895 bits per heavy atom. The summed E-state index contributed by atoms with van der Waals surface area (Å²) in [6.45, 7) is 3.14. The van der Waals surface area contributed by atoms with Gasteiger partial charge in [0, 0.05) is 6.07 Å². The van der Waals surface area contributed by atoms with E-state index < -0.39 is 52.3 Å². The average Bonchev–Trinajstić information content (AvgIpc) is 2.91. The Bertz CT molecular complexity index is 1560. The SMILES string of the molecule is CCOc1ccccc1Oc1coc2cc(OC(=O)C(C)Oc3c(F)c(F)c(F)c(F)c3F)ccc2c1=O. The van der Waals surface area contributed by atoms with Gasteiger partial charge in [0.1, 0.15) is 17.6 Å². The van der Waals surface area contributed by atoms with E-state index in [2.05, 4.69) is 4.74 Å². The van der Waals surface area contributed by atoms with Crippen LogP contribution in [0.15, 0.2) is 57.9 Å². The summed E-state index contributed by atoms with van der Waals surface area (Å²) in [5.74, 6) is -13.8. The van der Waals surface area contributed by atoms with Gasteiger partial charge in [0.25, 0.3) is 0 Å². The standard InChI is InChI=1S/C26H17F5O7/c1-3-34-15-6-4-5-7-16(15)38-18-11-35-17-10-13(8-9-14(17)24(18)32)37-26(33)12(2)36-25-22(30)20(28)19(27)21(29)23(25)31/h4-12H,3H2,1-2H3. The molecule has 0 amide bonds. The second kappa shape index (κ2) is 10.8. The van der Waals surface area contributed by atoms with Crippen LogP contribution in [0.1, 0.15) is 13.8 Å². The smallest absolute Gasteiger partial charge is 0.352 e. The monoisotopic (exact) mass is 536 g/mol. The number of rotatable bonds is 8. The lowest BCUT2D eigenvalue weighted by molar-refractivity contribution is -0.141. The fraction of sp³-hybridized carbons (Fsp3) is 0.154. The van der Waals surface area contributed by atoms with E-state index in [1.807, 2.05) is 0 Å². The Morgan fingerprint density at radius 2 is 1.53 bits per heavy atom. The largest absolute Gasteiger partial charge is 0.490 e. The normalized spacial score (nSPS) is 11.8. The summed E-state index contributed by atoms with van der Waals surface area (Å²) in [6, 6.07) is 10.4. The molecule has 3 aromatic carbocycles. The minimum atomic E-state index is -2.37. The van der Waals surface area contributed by atoms with E-state index in [-0.39, 0.29) is 28.2 Å². The molecule has 0 N–H and O–H groups in total. The Morgan fingerprint density at radius 3 is 2.18 bits per heavy atom. The maximum Gasteiger partial charge on any atom is 0.352 e. The van der Waals surface area contributed by atoms with Gasteiger partial charge in [-0.1, -0.05) is 12.1 Å². The second-order valence-corrected chi connectivity index (χ2v) is 7.65. The van der Waals surface area contributed by atoms with Crippen molar-refractivity contribution >= 4 is 16.9 Å². The van der Waals surface area contributed by atoms with Gasteiger partial charge in [-0.2, -0.15) is 8.78 Å². The topological polar surface area (TPSA) is 84.2 Å². The summed E-state index contributed by atoms with van der Waals surface area (Å²) >= 11 is 0. The third-order valence-electron chi connectivity index (χ3n) is 5.10. The molecule has 0 spiro atoms. The van der Waals surface area contributed by atoms with Crippen molar-refractivity contribution in [2.45, 2.75) is 20.0 Å². The minimum Gasteiger partial charge on any atom is -0.490 e. The van der Waals surface area contributed by atoms with E-state index in [4.69, 9.17) is 18.6 Å². The first-order valence-electron chi connectivity index (χ1n) is 11.0. The lowest BCUT2D eigenvalue weighted by Crippen LogP contribution is -2.29. The number of hydrogen-bond donors (Lipinski definition) is 0. The van der Waals surface area contributed by atoms with Crippen LogP contribution in [0, 0.1) is 29.1 Å². The van der Waals surface area contributed by atoms with E-state index >= 15 is 0 Å². The molecule has 198 valence electrons. The predicted molar refractivity (Wildman–Crippen MR) is 122 cm³/mol. The van der Waals surface area contributed by atoms with Crippen molar-refractivity contribution in [1.29, 1.82) is 0 Å². The molecular formula is C26H17F5O7. The molecule has 0 aliphatic carbocycles. The molecule has 0 aliphatic heterocycles. The summed E-state index contributed by atoms with van der Waals surface area (Å²) in [7, 11) is 0. The lowest BCUT2D eigenvalue weighted by atomic mass is 10.2. The zero-order valence-corrected chi connectivity index (χ0v) is 19.7. The number of esters is 1. The van der Waals surface area contributed by atoms with Crippen LogP contribution in [0.5, 0.6) is 28.7 Å². The molecule has 12 heteroatoms. The molecule has 1 heterocycles. The third-order valence-corrected chi connectivity index (χ3v) is 5.10. The van der Waals surface area contributed by atoms with Crippen molar-refractivity contribution < 1.29 is 50.1 Å². The molecule has 1 aromatic heterocycles. The Hall–Kier alpha value is -4.61. The van der Waals surface area contributed by atoms with Crippen LogP contribution in [0.3, 0.4) is 0 Å². The molecule has 1 unspecified atom stereocenters.